The molecule has 4 N–H and O–H groups in total. The average molecular weight is 447 g/mol. The van der Waals surface area contributed by atoms with Gasteiger partial charge < -0.3 is 15.8 Å². The summed E-state index contributed by atoms with van der Waals surface area (Å²) in [4.78, 5) is 52.9. The summed E-state index contributed by atoms with van der Waals surface area (Å²) in [7, 11) is 0. The van der Waals surface area contributed by atoms with E-state index in [0.717, 1.165) is 12.8 Å². The van der Waals surface area contributed by atoms with Crippen molar-refractivity contribution in [2.24, 2.45) is 17.6 Å². The van der Waals surface area contributed by atoms with Gasteiger partial charge in [0.05, 0.1) is 24.5 Å². The Morgan fingerprint density at radius 2 is 2.10 bits per heavy atom. The highest BCUT2D eigenvalue weighted by molar-refractivity contribution is 6.31. The zero-order valence-corrected chi connectivity index (χ0v) is 17.5. The van der Waals surface area contributed by atoms with Gasteiger partial charge in [0.15, 0.2) is 0 Å². The molecule has 5 atom stereocenters. The number of carbonyl (C=O) groups is 4. The number of hydrogen-bond acceptors (Lipinski definition) is 6. The van der Waals surface area contributed by atoms with Crippen molar-refractivity contribution < 1.29 is 23.9 Å². The Bertz CT molecular complexity index is 994. The summed E-state index contributed by atoms with van der Waals surface area (Å²) in [5.74, 6) is -3.36. The Morgan fingerprint density at radius 3 is 2.81 bits per heavy atom. The van der Waals surface area contributed by atoms with Gasteiger partial charge in [-0.2, -0.15) is 0 Å². The molecule has 1 spiro atoms. The van der Waals surface area contributed by atoms with E-state index < -0.39 is 41.1 Å². The highest BCUT2D eigenvalue weighted by Gasteiger charge is 2.70. The van der Waals surface area contributed by atoms with Crippen molar-refractivity contribution in [2.45, 2.75) is 43.4 Å². The molecule has 1 aromatic carbocycles. The minimum Gasteiger partial charge on any atom is -0.376 e. The van der Waals surface area contributed by atoms with Crippen LogP contribution in [0.3, 0.4) is 0 Å². The molecule has 0 saturated carbocycles. The van der Waals surface area contributed by atoms with Crippen LogP contribution in [0.25, 0.3) is 0 Å². The molecule has 0 aromatic heterocycles. The lowest BCUT2D eigenvalue weighted by molar-refractivity contribution is -0.144. The summed E-state index contributed by atoms with van der Waals surface area (Å²) in [5, 5.41) is 6.49. The minimum atomic E-state index is -1.43. The van der Waals surface area contributed by atoms with Gasteiger partial charge >= 0.3 is 0 Å². The number of primary amides is 1. The van der Waals surface area contributed by atoms with Gasteiger partial charge in [-0.05, 0) is 37.5 Å². The number of ether oxygens (including phenoxy) is 1. The Labute approximate surface area is 183 Å². The number of amides is 4. The normalized spacial score (nSPS) is 33.8. The van der Waals surface area contributed by atoms with Gasteiger partial charge in [-0.3, -0.25) is 29.4 Å². The molecular formula is C21H23ClN4O5. The van der Waals surface area contributed by atoms with Crippen molar-refractivity contribution >= 4 is 40.9 Å². The van der Waals surface area contributed by atoms with E-state index in [2.05, 4.69) is 10.6 Å². The zero-order chi connectivity index (χ0) is 21.9. The standard InChI is InChI=1S/C21H23ClN4O5/c22-10-3-4-13-12(8-10)21(20(30)24-13)17-16(14(25-21)5-6-15(23)27)18(28)26(19(17)29)9-11-2-1-7-31-11/h3-4,8,11,14,16-17,25H,1-2,5-7,9H2,(H2,23,27)(H,24,30)/t11?,14-,16-,17+,21+/m0/s1. The fraction of sp³-hybridized carbons (Fsp3) is 0.524. The average Bonchev–Trinajstić information content (AvgIpc) is 3.46. The lowest BCUT2D eigenvalue weighted by Crippen LogP contribution is -2.53. The molecule has 3 fully saturated rings. The molecule has 5 rings (SSSR count). The largest absolute Gasteiger partial charge is 0.376 e. The van der Waals surface area contributed by atoms with Crippen LogP contribution in [0.4, 0.5) is 5.69 Å². The number of benzene rings is 1. The number of halogens is 1. The van der Waals surface area contributed by atoms with E-state index in [1.165, 1.54) is 4.90 Å². The molecule has 10 heteroatoms. The van der Waals surface area contributed by atoms with E-state index in [-0.39, 0.29) is 31.4 Å². The van der Waals surface area contributed by atoms with Gasteiger partial charge in [-0.25, -0.2) is 0 Å². The SMILES string of the molecule is NC(=O)CC[C@@H]1N[C@@]2(C(=O)Nc3ccc(Cl)cc32)[C@H]2C(=O)N(CC3CCCO3)C(=O)[C@@H]12. The van der Waals surface area contributed by atoms with Gasteiger partial charge in [-0.1, -0.05) is 11.6 Å². The van der Waals surface area contributed by atoms with Crippen molar-refractivity contribution in [2.75, 3.05) is 18.5 Å². The van der Waals surface area contributed by atoms with Crippen molar-refractivity contribution in [1.82, 2.24) is 10.2 Å². The maximum absolute atomic E-state index is 13.6. The lowest BCUT2D eigenvalue weighted by Gasteiger charge is -2.30. The maximum Gasteiger partial charge on any atom is 0.250 e. The first-order valence-corrected chi connectivity index (χ1v) is 10.8. The van der Waals surface area contributed by atoms with E-state index in [1.54, 1.807) is 18.2 Å². The molecule has 3 saturated heterocycles. The van der Waals surface area contributed by atoms with Crippen molar-refractivity contribution in [1.29, 1.82) is 0 Å². The van der Waals surface area contributed by atoms with Gasteiger partial charge in [0.2, 0.25) is 23.6 Å². The second-order valence-corrected chi connectivity index (χ2v) is 9.07. The number of nitrogens with one attached hydrogen (secondary N) is 2. The molecule has 9 nitrogen and oxygen atoms in total. The van der Waals surface area contributed by atoms with Crippen LogP contribution in [0.1, 0.15) is 31.2 Å². The number of imide groups is 1. The summed E-state index contributed by atoms with van der Waals surface area (Å²) in [5.41, 5.74) is 5.00. The molecule has 4 heterocycles. The van der Waals surface area contributed by atoms with Crippen molar-refractivity contribution in [3.8, 4) is 0 Å². The molecule has 1 aromatic rings. The highest BCUT2D eigenvalue weighted by Crippen LogP contribution is 2.54. The molecule has 164 valence electrons. The molecule has 1 unspecified atom stereocenters. The first kappa shape index (κ1) is 20.4. The van der Waals surface area contributed by atoms with Crippen LogP contribution in [0, 0.1) is 11.8 Å². The van der Waals surface area contributed by atoms with E-state index in [4.69, 9.17) is 22.1 Å². The van der Waals surface area contributed by atoms with Crippen LogP contribution in [0.15, 0.2) is 18.2 Å². The van der Waals surface area contributed by atoms with Gasteiger partial charge in [0, 0.05) is 35.3 Å². The molecule has 0 aliphatic carbocycles. The van der Waals surface area contributed by atoms with Gasteiger partial charge in [0.25, 0.3) is 0 Å². The Kier molecular flexibility index (Phi) is 4.80. The number of hydrogen-bond donors (Lipinski definition) is 3. The second-order valence-electron chi connectivity index (χ2n) is 8.63. The fourth-order valence-electron chi connectivity index (χ4n) is 5.55. The molecule has 0 radical (unpaired) electrons. The fourth-order valence-corrected chi connectivity index (χ4v) is 5.72. The first-order valence-electron chi connectivity index (χ1n) is 10.5. The summed E-state index contributed by atoms with van der Waals surface area (Å²) in [6.45, 7) is 0.780. The predicted octanol–water partition coefficient (Wildman–Crippen LogP) is 0.505. The van der Waals surface area contributed by atoms with E-state index >= 15 is 0 Å². The minimum absolute atomic E-state index is 0.0359. The number of carbonyl (C=O) groups excluding carboxylic acids is 4. The van der Waals surface area contributed by atoms with Gasteiger partial charge in [0.1, 0.15) is 5.54 Å². The first-order chi connectivity index (χ1) is 14.8. The van der Waals surface area contributed by atoms with Gasteiger partial charge in [-0.15, -0.1) is 0 Å². The topological polar surface area (TPSA) is 131 Å². The van der Waals surface area contributed by atoms with Crippen LogP contribution in [-0.2, 0) is 29.5 Å². The second kappa shape index (κ2) is 7.29. The number of nitrogens with two attached hydrogens (primary N) is 1. The Balaban J connectivity index is 1.57. The van der Waals surface area contributed by atoms with E-state index in [1.807, 2.05) is 0 Å². The predicted molar refractivity (Wildman–Crippen MR) is 110 cm³/mol. The summed E-state index contributed by atoms with van der Waals surface area (Å²) < 4.78 is 5.63. The molecular weight excluding hydrogens is 424 g/mol. The van der Waals surface area contributed by atoms with E-state index in [0.29, 0.717) is 22.9 Å². The van der Waals surface area contributed by atoms with E-state index in [9.17, 15) is 19.2 Å². The Morgan fingerprint density at radius 1 is 1.29 bits per heavy atom. The number of likely N-dealkylation sites (tertiary alicyclic amines) is 1. The van der Waals surface area contributed by atoms with Crippen LogP contribution < -0.4 is 16.4 Å². The van der Waals surface area contributed by atoms with Crippen LogP contribution in [0.2, 0.25) is 5.02 Å². The third kappa shape index (κ3) is 2.98. The maximum atomic E-state index is 13.6. The van der Waals surface area contributed by atoms with Crippen LogP contribution in [0.5, 0.6) is 0 Å². The van der Waals surface area contributed by atoms with Crippen molar-refractivity contribution in [3.05, 3.63) is 28.8 Å². The van der Waals surface area contributed by atoms with Crippen molar-refractivity contribution in [3.63, 3.8) is 0 Å². The number of anilines is 1. The summed E-state index contributed by atoms with van der Waals surface area (Å²) >= 11 is 6.21. The third-order valence-electron chi connectivity index (χ3n) is 6.88. The molecule has 4 amide bonds. The number of nitrogens with zero attached hydrogens (tertiary/aromatic N) is 1. The smallest absolute Gasteiger partial charge is 0.250 e. The Hall–Kier alpha value is -2.49. The molecule has 4 aliphatic rings. The molecule has 4 aliphatic heterocycles. The third-order valence-corrected chi connectivity index (χ3v) is 7.12. The summed E-state index contributed by atoms with van der Waals surface area (Å²) in [6.07, 6.45) is 1.75. The summed E-state index contributed by atoms with van der Waals surface area (Å²) in [6, 6.07) is 4.43. The number of rotatable bonds is 5. The highest BCUT2D eigenvalue weighted by atomic mass is 35.5. The molecule has 0 bridgehead atoms. The molecule has 31 heavy (non-hydrogen) atoms. The monoisotopic (exact) mass is 446 g/mol. The zero-order valence-electron chi connectivity index (χ0n) is 16.7. The van der Waals surface area contributed by atoms with Crippen LogP contribution >= 0.6 is 11.6 Å². The van der Waals surface area contributed by atoms with Crippen LogP contribution in [-0.4, -0.2) is 53.8 Å². The quantitative estimate of drug-likeness (QED) is 0.565. The number of fused-ring (bicyclic) bond motifs is 4. The lowest BCUT2D eigenvalue weighted by atomic mass is 9.76.